The van der Waals surface area contributed by atoms with Crippen molar-refractivity contribution in [2.75, 3.05) is 13.2 Å². The molecule has 2 fully saturated rings. The van der Waals surface area contributed by atoms with Crippen molar-refractivity contribution in [1.29, 1.82) is 0 Å². The highest BCUT2D eigenvalue weighted by atomic mass is 16.5. The number of nitrogens with zero attached hydrogens (tertiary/aromatic N) is 2. The molecule has 1 unspecified atom stereocenters. The molecule has 3 rings (SSSR count). The third-order valence-electron chi connectivity index (χ3n) is 3.44. The molecule has 2 aliphatic rings. The zero-order valence-corrected chi connectivity index (χ0v) is 9.13. The maximum atomic E-state index is 9.21. The van der Waals surface area contributed by atoms with E-state index in [0.29, 0.717) is 11.8 Å². The summed E-state index contributed by atoms with van der Waals surface area (Å²) in [4.78, 5) is 4.39. The SMILES string of the molecule is OC1CC(c2nc(CC3CCOC3)no2)C1. The first-order chi connectivity index (χ1) is 7.81. The first-order valence-electron chi connectivity index (χ1n) is 5.89. The van der Waals surface area contributed by atoms with Gasteiger partial charge in [0, 0.05) is 25.6 Å². The van der Waals surface area contributed by atoms with Crippen molar-refractivity contribution >= 4 is 0 Å². The quantitative estimate of drug-likeness (QED) is 0.825. The van der Waals surface area contributed by atoms with Crippen LogP contribution in [0.1, 0.15) is 36.9 Å². The van der Waals surface area contributed by atoms with E-state index in [1.165, 1.54) is 0 Å². The number of rotatable bonds is 3. The van der Waals surface area contributed by atoms with Crippen LogP contribution in [0.4, 0.5) is 0 Å². The molecule has 88 valence electrons. The maximum absolute atomic E-state index is 9.21. The van der Waals surface area contributed by atoms with Gasteiger partial charge in [0.25, 0.3) is 0 Å². The van der Waals surface area contributed by atoms with Gasteiger partial charge in [-0.2, -0.15) is 4.98 Å². The molecule has 1 aromatic rings. The van der Waals surface area contributed by atoms with Crippen LogP contribution in [0.5, 0.6) is 0 Å². The summed E-state index contributed by atoms with van der Waals surface area (Å²) in [6.45, 7) is 1.66. The summed E-state index contributed by atoms with van der Waals surface area (Å²) >= 11 is 0. The predicted molar refractivity (Wildman–Crippen MR) is 54.9 cm³/mol. The lowest BCUT2D eigenvalue weighted by molar-refractivity contribution is 0.0625. The monoisotopic (exact) mass is 224 g/mol. The zero-order valence-electron chi connectivity index (χ0n) is 9.13. The Morgan fingerprint density at radius 1 is 1.38 bits per heavy atom. The van der Waals surface area contributed by atoms with Gasteiger partial charge in [-0.25, -0.2) is 0 Å². The van der Waals surface area contributed by atoms with Crippen molar-refractivity contribution < 1.29 is 14.4 Å². The summed E-state index contributed by atoms with van der Waals surface area (Å²) in [6.07, 6.45) is 3.27. The van der Waals surface area contributed by atoms with Crippen molar-refractivity contribution in [2.24, 2.45) is 5.92 Å². The van der Waals surface area contributed by atoms with Gasteiger partial charge in [-0.15, -0.1) is 0 Å². The minimum absolute atomic E-state index is 0.177. The van der Waals surface area contributed by atoms with Gasteiger partial charge in [0.1, 0.15) is 0 Å². The molecule has 16 heavy (non-hydrogen) atoms. The highest BCUT2D eigenvalue weighted by molar-refractivity contribution is 5.01. The highest BCUT2D eigenvalue weighted by Gasteiger charge is 2.33. The van der Waals surface area contributed by atoms with E-state index in [4.69, 9.17) is 9.26 Å². The van der Waals surface area contributed by atoms with E-state index in [2.05, 4.69) is 10.1 Å². The Labute approximate surface area is 93.8 Å². The molecule has 0 amide bonds. The molecule has 2 heterocycles. The van der Waals surface area contributed by atoms with Crippen LogP contribution in [0, 0.1) is 5.92 Å². The van der Waals surface area contributed by atoms with Crippen LogP contribution < -0.4 is 0 Å². The normalized spacial score (nSPS) is 33.9. The minimum atomic E-state index is -0.177. The fourth-order valence-electron chi connectivity index (χ4n) is 2.31. The topological polar surface area (TPSA) is 68.4 Å². The Bertz CT molecular complexity index is 354. The molecule has 1 aliphatic heterocycles. The van der Waals surface area contributed by atoms with Crippen molar-refractivity contribution in [1.82, 2.24) is 10.1 Å². The second kappa shape index (κ2) is 4.14. The molecule has 5 heteroatoms. The molecule has 1 saturated heterocycles. The third kappa shape index (κ3) is 1.97. The van der Waals surface area contributed by atoms with Crippen LogP contribution in [0.15, 0.2) is 4.52 Å². The first-order valence-corrected chi connectivity index (χ1v) is 5.89. The van der Waals surface area contributed by atoms with Gasteiger partial charge < -0.3 is 14.4 Å². The molecular formula is C11H16N2O3. The average Bonchev–Trinajstić information content (AvgIpc) is 2.85. The summed E-state index contributed by atoms with van der Waals surface area (Å²) in [5, 5.41) is 13.2. The molecule has 0 spiro atoms. The van der Waals surface area contributed by atoms with Crippen LogP contribution in [0.2, 0.25) is 0 Å². The van der Waals surface area contributed by atoms with E-state index in [1.807, 2.05) is 0 Å². The van der Waals surface area contributed by atoms with E-state index < -0.39 is 0 Å². The second-order valence-corrected chi connectivity index (χ2v) is 4.80. The molecule has 1 saturated carbocycles. The minimum Gasteiger partial charge on any atom is -0.393 e. The summed E-state index contributed by atoms with van der Waals surface area (Å²) in [6, 6.07) is 0. The summed E-state index contributed by atoms with van der Waals surface area (Å²) in [7, 11) is 0. The number of aromatic nitrogens is 2. The predicted octanol–water partition coefficient (Wildman–Crippen LogP) is 0.887. The molecule has 1 atom stereocenters. The smallest absolute Gasteiger partial charge is 0.229 e. The zero-order chi connectivity index (χ0) is 11.0. The van der Waals surface area contributed by atoms with E-state index in [0.717, 1.165) is 44.7 Å². The van der Waals surface area contributed by atoms with E-state index >= 15 is 0 Å². The van der Waals surface area contributed by atoms with E-state index in [9.17, 15) is 5.11 Å². The summed E-state index contributed by atoms with van der Waals surface area (Å²) in [5.74, 6) is 2.29. The first kappa shape index (κ1) is 10.2. The Hall–Kier alpha value is -0.940. The van der Waals surface area contributed by atoms with Gasteiger partial charge in [-0.3, -0.25) is 0 Å². The lowest BCUT2D eigenvalue weighted by Gasteiger charge is -2.27. The van der Waals surface area contributed by atoms with Crippen LogP contribution in [0.3, 0.4) is 0 Å². The fourth-order valence-corrected chi connectivity index (χ4v) is 2.31. The number of hydrogen-bond donors (Lipinski definition) is 1. The van der Waals surface area contributed by atoms with Gasteiger partial charge >= 0.3 is 0 Å². The summed E-state index contributed by atoms with van der Waals surface area (Å²) in [5.41, 5.74) is 0. The molecule has 0 bridgehead atoms. The molecule has 1 N–H and O–H groups in total. The molecule has 0 radical (unpaired) electrons. The van der Waals surface area contributed by atoms with Crippen LogP contribution in [-0.2, 0) is 11.2 Å². The standard InChI is InChI=1S/C11H16N2O3/c14-9-4-8(5-9)11-12-10(13-16-11)3-7-1-2-15-6-7/h7-9,14H,1-6H2. The van der Waals surface area contributed by atoms with Crippen molar-refractivity contribution in [3.8, 4) is 0 Å². The molecule has 0 aromatic carbocycles. The lowest BCUT2D eigenvalue weighted by atomic mass is 9.82. The third-order valence-corrected chi connectivity index (χ3v) is 3.44. The van der Waals surface area contributed by atoms with Gasteiger partial charge in [-0.1, -0.05) is 5.16 Å². The summed E-state index contributed by atoms with van der Waals surface area (Å²) < 4.78 is 10.5. The van der Waals surface area contributed by atoms with Gasteiger partial charge in [0.15, 0.2) is 5.82 Å². The number of aliphatic hydroxyl groups is 1. The van der Waals surface area contributed by atoms with Crippen LogP contribution in [0.25, 0.3) is 0 Å². The lowest BCUT2D eigenvalue weighted by Crippen LogP contribution is -2.26. The fraction of sp³-hybridized carbons (Fsp3) is 0.818. The molecule has 1 aromatic heterocycles. The second-order valence-electron chi connectivity index (χ2n) is 4.80. The van der Waals surface area contributed by atoms with Crippen LogP contribution in [-0.4, -0.2) is 34.6 Å². The molecule has 1 aliphatic carbocycles. The highest BCUT2D eigenvalue weighted by Crippen LogP contribution is 2.35. The maximum Gasteiger partial charge on any atom is 0.229 e. The Morgan fingerprint density at radius 3 is 2.94 bits per heavy atom. The Kier molecular flexibility index (Phi) is 2.65. The Balaban J connectivity index is 1.59. The van der Waals surface area contributed by atoms with Gasteiger partial charge in [0.05, 0.1) is 6.10 Å². The largest absolute Gasteiger partial charge is 0.393 e. The van der Waals surface area contributed by atoms with Crippen LogP contribution >= 0.6 is 0 Å². The van der Waals surface area contributed by atoms with Gasteiger partial charge in [0.2, 0.25) is 5.89 Å². The van der Waals surface area contributed by atoms with Crippen molar-refractivity contribution in [3.63, 3.8) is 0 Å². The number of ether oxygens (including phenoxy) is 1. The Morgan fingerprint density at radius 2 is 2.25 bits per heavy atom. The van der Waals surface area contributed by atoms with Gasteiger partial charge in [-0.05, 0) is 25.2 Å². The molecular weight excluding hydrogens is 208 g/mol. The van der Waals surface area contributed by atoms with E-state index in [1.54, 1.807) is 0 Å². The van der Waals surface area contributed by atoms with E-state index in [-0.39, 0.29) is 12.0 Å². The molecule has 5 nitrogen and oxygen atoms in total. The number of hydrogen-bond acceptors (Lipinski definition) is 5. The van der Waals surface area contributed by atoms with Crippen molar-refractivity contribution in [2.45, 2.75) is 37.7 Å². The number of aliphatic hydroxyl groups excluding tert-OH is 1. The van der Waals surface area contributed by atoms with Crippen molar-refractivity contribution in [3.05, 3.63) is 11.7 Å². The average molecular weight is 224 g/mol.